The van der Waals surface area contributed by atoms with Gasteiger partial charge in [0.25, 0.3) is 0 Å². The van der Waals surface area contributed by atoms with Crippen LogP contribution in [0.1, 0.15) is 12.8 Å². The van der Waals surface area contributed by atoms with Crippen LogP contribution in [0.15, 0.2) is 22.0 Å². The summed E-state index contributed by atoms with van der Waals surface area (Å²) in [7, 11) is 0. The van der Waals surface area contributed by atoms with Gasteiger partial charge in [0.15, 0.2) is 0 Å². The summed E-state index contributed by atoms with van der Waals surface area (Å²) in [6.07, 6.45) is 0.207. The van der Waals surface area contributed by atoms with Gasteiger partial charge in [-0.25, -0.2) is 0 Å². The summed E-state index contributed by atoms with van der Waals surface area (Å²) in [6, 6.07) is 3.83. The van der Waals surface area contributed by atoms with Crippen LogP contribution in [0.4, 0.5) is 0 Å². The summed E-state index contributed by atoms with van der Waals surface area (Å²) >= 11 is 1.54. The summed E-state index contributed by atoms with van der Waals surface area (Å²) < 4.78 is 4.92. The van der Waals surface area contributed by atoms with Crippen LogP contribution in [0.5, 0.6) is 0 Å². The van der Waals surface area contributed by atoms with Crippen molar-refractivity contribution in [1.82, 2.24) is 10.1 Å². The Kier molecular flexibility index (Phi) is 2.41. The Morgan fingerprint density at radius 3 is 3.14 bits per heavy atom. The molecule has 0 saturated heterocycles. The van der Waals surface area contributed by atoms with Crippen LogP contribution < -0.4 is 0 Å². The van der Waals surface area contributed by atoms with Crippen molar-refractivity contribution in [3.63, 3.8) is 0 Å². The second-order valence-electron chi connectivity index (χ2n) is 2.87. The molecule has 0 fully saturated rings. The van der Waals surface area contributed by atoms with Gasteiger partial charge in [-0.05, 0) is 18.4 Å². The van der Waals surface area contributed by atoms with E-state index in [0.717, 1.165) is 4.88 Å². The average Bonchev–Trinajstić information content (AvgIpc) is 2.69. The summed E-state index contributed by atoms with van der Waals surface area (Å²) in [5.74, 6) is 0.948. The average molecular weight is 208 g/mol. The highest BCUT2D eigenvalue weighted by atomic mass is 32.1. The molecular weight excluding hydrogens is 200 g/mol. The standard InChI is InChI=1S/C9H8N2O2S/c1-6(12)5-8-10-9(11-13-8)7-3-2-4-14-7/h2-4H,5H2,1H3. The molecular formula is C9H8N2O2S. The second kappa shape index (κ2) is 3.71. The lowest BCUT2D eigenvalue weighted by Crippen LogP contribution is -1.95. The summed E-state index contributed by atoms with van der Waals surface area (Å²) in [4.78, 5) is 15.8. The first-order valence-corrected chi connectivity index (χ1v) is 4.99. The molecule has 72 valence electrons. The van der Waals surface area contributed by atoms with Crippen LogP contribution in [0.25, 0.3) is 10.7 Å². The van der Waals surface area contributed by atoms with Crippen molar-refractivity contribution in [3.8, 4) is 10.7 Å². The highest BCUT2D eigenvalue weighted by Gasteiger charge is 2.10. The van der Waals surface area contributed by atoms with E-state index in [1.807, 2.05) is 17.5 Å². The maximum Gasteiger partial charge on any atom is 0.234 e. The SMILES string of the molecule is CC(=O)Cc1nc(-c2cccs2)no1. The molecule has 0 bridgehead atoms. The quantitative estimate of drug-likeness (QED) is 0.773. The van der Waals surface area contributed by atoms with Gasteiger partial charge >= 0.3 is 0 Å². The van der Waals surface area contributed by atoms with Crippen molar-refractivity contribution in [3.05, 3.63) is 23.4 Å². The first kappa shape index (κ1) is 9.08. The van der Waals surface area contributed by atoms with E-state index in [9.17, 15) is 4.79 Å². The third kappa shape index (κ3) is 1.88. The molecule has 2 aromatic rings. The minimum Gasteiger partial charge on any atom is -0.338 e. The van der Waals surface area contributed by atoms with E-state index < -0.39 is 0 Å². The monoisotopic (exact) mass is 208 g/mol. The minimum absolute atomic E-state index is 0.0198. The van der Waals surface area contributed by atoms with E-state index in [0.29, 0.717) is 11.7 Å². The minimum atomic E-state index is 0.0198. The van der Waals surface area contributed by atoms with Gasteiger partial charge in [-0.2, -0.15) is 4.98 Å². The molecule has 2 aromatic heterocycles. The van der Waals surface area contributed by atoms with Crippen LogP contribution in [0.2, 0.25) is 0 Å². The molecule has 2 rings (SSSR count). The molecule has 14 heavy (non-hydrogen) atoms. The molecule has 2 heterocycles. The number of Topliss-reactive ketones (excluding diaryl/α,β-unsaturated/α-hetero) is 1. The third-order valence-corrected chi connectivity index (χ3v) is 2.48. The summed E-state index contributed by atoms with van der Waals surface area (Å²) in [5.41, 5.74) is 0. The Morgan fingerprint density at radius 1 is 1.64 bits per heavy atom. The van der Waals surface area contributed by atoms with Crippen molar-refractivity contribution in [2.24, 2.45) is 0 Å². The molecule has 0 aliphatic heterocycles. The van der Waals surface area contributed by atoms with Crippen molar-refractivity contribution in [2.45, 2.75) is 13.3 Å². The zero-order valence-electron chi connectivity index (χ0n) is 7.56. The maximum atomic E-state index is 10.8. The van der Waals surface area contributed by atoms with E-state index in [2.05, 4.69) is 10.1 Å². The molecule has 0 amide bonds. The molecule has 0 aliphatic carbocycles. The first-order valence-electron chi connectivity index (χ1n) is 4.11. The van der Waals surface area contributed by atoms with Crippen molar-refractivity contribution >= 4 is 17.1 Å². The van der Waals surface area contributed by atoms with Crippen LogP contribution in [-0.4, -0.2) is 15.9 Å². The lowest BCUT2D eigenvalue weighted by atomic mass is 10.3. The van der Waals surface area contributed by atoms with Gasteiger partial charge in [0.05, 0.1) is 11.3 Å². The lowest BCUT2D eigenvalue weighted by Gasteiger charge is -1.84. The largest absolute Gasteiger partial charge is 0.338 e. The molecule has 0 radical (unpaired) electrons. The normalized spacial score (nSPS) is 10.4. The number of aromatic nitrogens is 2. The van der Waals surface area contributed by atoms with Gasteiger partial charge in [-0.3, -0.25) is 4.79 Å². The van der Waals surface area contributed by atoms with Crippen molar-refractivity contribution in [1.29, 1.82) is 0 Å². The van der Waals surface area contributed by atoms with Gasteiger partial charge in [-0.1, -0.05) is 11.2 Å². The molecule has 0 saturated carbocycles. The Hall–Kier alpha value is -1.49. The lowest BCUT2D eigenvalue weighted by molar-refractivity contribution is -0.116. The van der Waals surface area contributed by atoms with Crippen molar-refractivity contribution < 1.29 is 9.32 Å². The van der Waals surface area contributed by atoms with E-state index >= 15 is 0 Å². The van der Waals surface area contributed by atoms with Crippen LogP contribution in [0.3, 0.4) is 0 Å². The van der Waals surface area contributed by atoms with E-state index in [1.165, 1.54) is 18.3 Å². The van der Waals surface area contributed by atoms with Gasteiger partial charge in [0, 0.05) is 0 Å². The number of rotatable bonds is 3. The third-order valence-electron chi connectivity index (χ3n) is 1.61. The fourth-order valence-corrected chi connectivity index (χ4v) is 1.69. The number of hydrogen-bond donors (Lipinski definition) is 0. The van der Waals surface area contributed by atoms with E-state index in [1.54, 1.807) is 0 Å². The molecule has 4 nitrogen and oxygen atoms in total. The van der Waals surface area contributed by atoms with E-state index in [4.69, 9.17) is 4.52 Å². The fraction of sp³-hybridized carbons (Fsp3) is 0.222. The highest BCUT2D eigenvalue weighted by Crippen LogP contribution is 2.21. The highest BCUT2D eigenvalue weighted by molar-refractivity contribution is 7.13. The Morgan fingerprint density at radius 2 is 2.50 bits per heavy atom. The van der Waals surface area contributed by atoms with Gasteiger partial charge in [-0.15, -0.1) is 11.3 Å². The molecule has 0 spiro atoms. The Labute approximate surface area is 84.6 Å². The van der Waals surface area contributed by atoms with Crippen LogP contribution >= 0.6 is 11.3 Å². The first-order chi connectivity index (χ1) is 6.75. The Balaban J connectivity index is 2.22. The number of nitrogens with zero attached hydrogens (tertiary/aromatic N) is 2. The molecule has 0 unspecified atom stereocenters. The topological polar surface area (TPSA) is 56.0 Å². The molecule has 0 aromatic carbocycles. The molecule has 5 heteroatoms. The Bertz CT molecular complexity index is 433. The summed E-state index contributed by atoms with van der Waals surface area (Å²) in [6.45, 7) is 1.50. The van der Waals surface area contributed by atoms with Crippen molar-refractivity contribution in [2.75, 3.05) is 0 Å². The number of ketones is 1. The number of carbonyl (C=O) groups excluding carboxylic acids is 1. The van der Waals surface area contributed by atoms with Gasteiger partial charge in [0.1, 0.15) is 5.78 Å². The molecule has 0 N–H and O–H groups in total. The van der Waals surface area contributed by atoms with Crippen LogP contribution in [0, 0.1) is 0 Å². The predicted octanol–water partition coefficient (Wildman–Crippen LogP) is 1.93. The van der Waals surface area contributed by atoms with E-state index in [-0.39, 0.29) is 12.2 Å². The van der Waals surface area contributed by atoms with Crippen LogP contribution in [-0.2, 0) is 11.2 Å². The maximum absolute atomic E-state index is 10.8. The number of hydrogen-bond acceptors (Lipinski definition) is 5. The molecule has 0 aliphatic rings. The zero-order valence-corrected chi connectivity index (χ0v) is 8.37. The van der Waals surface area contributed by atoms with Gasteiger partial charge in [0.2, 0.25) is 11.7 Å². The smallest absolute Gasteiger partial charge is 0.234 e. The number of thiophene rings is 1. The molecule has 0 atom stereocenters. The zero-order chi connectivity index (χ0) is 9.97. The number of carbonyl (C=O) groups is 1. The second-order valence-corrected chi connectivity index (χ2v) is 3.82. The van der Waals surface area contributed by atoms with Gasteiger partial charge < -0.3 is 4.52 Å². The fourth-order valence-electron chi connectivity index (χ4n) is 1.05. The predicted molar refractivity (Wildman–Crippen MR) is 52.0 cm³/mol. The summed E-state index contributed by atoms with van der Waals surface area (Å²) in [5, 5.41) is 5.72.